The van der Waals surface area contributed by atoms with Crippen molar-refractivity contribution in [2.75, 3.05) is 46.9 Å². The zero-order chi connectivity index (χ0) is 19.9. The summed E-state index contributed by atoms with van der Waals surface area (Å²) >= 11 is 0. The number of methoxy groups -OCH3 is 1. The molecule has 1 fully saturated rings. The molecule has 1 aliphatic heterocycles. The molecule has 4 nitrogen and oxygen atoms in total. The van der Waals surface area contributed by atoms with E-state index in [0.717, 1.165) is 50.6 Å². The van der Waals surface area contributed by atoms with Crippen LogP contribution < -0.4 is 9.47 Å². The average Bonchev–Trinajstić information content (AvgIpc) is 2.72. The first-order valence-corrected chi connectivity index (χ1v) is 10.4. The van der Waals surface area contributed by atoms with Gasteiger partial charge in [-0.3, -0.25) is 0 Å². The van der Waals surface area contributed by atoms with Crippen LogP contribution in [0.3, 0.4) is 0 Å². The molecule has 2 aromatic carbocycles. The summed E-state index contributed by atoms with van der Waals surface area (Å²) in [4.78, 5) is 4.93. The quantitative estimate of drug-likeness (QED) is 0.667. The number of nitrogens with zero attached hydrogens (tertiary/aromatic N) is 2. The Morgan fingerprint density at radius 3 is 2.25 bits per heavy atom. The average molecular weight is 383 g/mol. The minimum absolute atomic E-state index is 0.0136. The van der Waals surface area contributed by atoms with Crippen LogP contribution in [-0.4, -0.2) is 56.7 Å². The van der Waals surface area contributed by atoms with Gasteiger partial charge in [-0.25, -0.2) is 0 Å². The molecular weight excluding hydrogens is 348 g/mol. The first-order chi connectivity index (χ1) is 13.5. The fraction of sp³-hybridized carbons (Fsp3) is 0.500. The second kappa shape index (κ2) is 9.94. The van der Waals surface area contributed by atoms with Gasteiger partial charge in [0.05, 0.1) is 7.11 Å². The van der Waals surface area contributed by atoms with Crippen molar-refractivity contribution in [3.05, 3.63) is 59.7 Å². The molecule has 4 heteroatoms. The summed E-state index contributed by atoms with van der Waals surface area (Å²) in [5.74, 6) is 2.33. The Hall–Kier alpha value is -2.04. The summed E-state index contributed by atoms with van der Waals surface area (Å²) < 4.78 is 11.9. The highest BCUT2D eigenvalue weighted by atomic mass is 16.5. The van der Waals surface area contributed by atoms with Crippen molar-refractivity contribution in [3.8, 4) is 11.5 Å². The van der Waals surface area contributed by atoms with Gasteiger partial charge in [0, 0.05) is 39.1 Å². The van der Waals surface area contributed by atoms with E-state index in [4.69, 9.17) is 9.47 Å². The van der Waals surface area contributed by atoms with Crippen LogP contribution in [0.5, 0.6) is 11.5 Å². The molecule has 2 aromatic rings. The highest BCUT2D eigenvalue weighted by Crippen LogP contribution is 2.29. The van der Waals surface area contributed by atoms with Gasteiger partial charge in [-0.1, -0.05) is 38.1 Å². The van der Waals surface area contributed by atoms with Gasteiger partial charge in [-0.05, 0) is 48.4 Å². The molecule has 0 aromatic heterocycles. The lowest BCUT2D eigenvalue weighted by Crippen LogP contribution is -2.45. The molecule has 1 unspecified atom stereocenters. The van der Waals surface area contributed by atoms with Gasteiger partial charge in [-0.15, -0.1) is 0 Å². The van der Waals surface area contributed by atoms with Crippen molar-refractivity contribution in [1.29, 1.82) is 0 Å². The minimum atomic E-state index is 0.0136. The standard InChI is InChI=1S/C24H34N2O2/c1-19(2)20-8-10-22(11-9-20)28-24(21-6-5-7-23(18-21)27-4)12-13-26-16-14-25(3)15-17-26/h5-11,18-19,24H,12-17H2,1-4H3. The van der Waals surface area contributed by atoms with E-state index in [9.17, 15) is 0 Å². The van der Waals surface area contributed by atoms with E-state index < -0.39 is 0 Å². The molecule has 0 radical (unpaired) electrons. The van der Waals surface area contributed by atoms with E-state index in [-0.39, 0.29) is 6.10 Å². The molecule has 0 spiro atoms. The summed E-state index contributed by atoms with van der Waals surface area (Å²) in [5, 5.41) is 0. The Kier molecular flexibility index (Phi) is 7.35. The maximum Gasteiger partial charge on any atom is 0.125 e. The summed E-state index contributed by atoms with van der Waals surface area (Å²) in [6.45, 7) is 10.0. The Morgan fingerprint density at radius 2 is 1.61 bits per heavy atom. The van der Waals surface area contributed by atoms with Crippen molar-refractivity contribution in [2.24, 2.45) is 0 Å². The van der Waals surface area contributed by atoms with E-state index in [1.165, 1.54) is 11.1 Å². The number of hydrogen-bond acceptors (Lipinski definition) is 4. The van der Waals surface area contributed by atoms with Gasteiger partial charge in [-0.2, -0.15) is 0 Å². The van der Waals surface area contributed by atoms with Crippen LogP contribution in [-0.2, 0) is 0 Å². The molecule has 1 atom stereocenters. The Labute approximate surface area is 170 Å². The Bertz CT molecular complexity index is 722. The molecule has 28 heavy (non-hydrogen) atoms. The second-order valence-corrected chi connectivity index (χ2v) is 8.04. The van der Waals surface area contributed by atoms with Crippen molar-refractivity contribution in [3.63, 3.8) is 0 Å². The van der Waals surface area contributed by atoms with E-state index in [1.54, 1.807) is 7.11 Å². The van der Waals surface area contributed by atoms with Gasteiger partial charge in [0.15, 0.2) is 0 Å². The van der Waals surface area contributed by atoms with E-state index in [2.05, 4.69) is 67.1 Å². The number of piperazine rings is 1. The summed E-state index contributed by atoms with van der Waals surface area (Å²) in [6.07, 6.45) is 0.975. The van der Waals surface area contributed by atoms with Crippen molar-refractivity contribution in [1.82, 2.24) is 9.80 Å². The third kappa shape index (κ3) is 5.73. The molecule has 0 aliphatic carbocycles. The highest BCUT2D eigenvalue weighted by molar-refractivity contribution is 5.33. The summed E-state index contributed by atoms with van der Waals surface area (Å²) in [5.41, 5.74) is 2.50. The molecule has 1 saturated heterocycles. The van der Waals surface area contributed by atoms with Gasteiger partial charge in [0.2, 0.25) is 0 Å². The minimum Gasteiger partial charge on any atom is -0.497 e. The first-order valence-electron chi connectivity index (χ1n) is 10.4. The molecule has 1 aliphatic rings. The molecule has 0 saturated carbocycles. The third-order valence-electron chi connectivity index (χ3n) is 5.59. The molecule has 3 rings (SSSR count). The molecule has 0 N–H and O–H groups in total. The fourth-order valence-electron chi connectivity index (χ4n) is 3.60. The van der Waals surface area contributed by atoms with Crippen molar-refractivity contribution < 1.29 is 9.47 Å². The van der Waals surface area contributed by atoms with Crippen LogP contribution in [0.4, 0.5) is 0 Å². The highest BCUT2D eigenvalue weighted by Gasteiger charge is 2.19. The number of rotatable bonds is 8. The lowest BCUT2D eigenvalue weighted by atomic mass is 10.0. The van der Waals surface area contributed by atoms with Gasteiger partial charge in [0.1, 0.15) is 17.6 Å². The van der Waals surface area contributed by atoms with Crippen LogP contribution >= 0.6 is 0 Å². The zero-order valence-electron chi connectivity index (χ0n) is 17.7. The molecule has 0 bridgehead atoms. The maximum atomic E-state index is 6.45. The fourth-order valence-corrected chi connectivity index (χ4v) is 3.60. The van der Waals surface area contributed by atoms with Crippen LogP contribution in [0.15, 0.2) is 48.5 Å². The monoisotopic (exact) mass is 382 g/mol. The van der Waals surface area contributed by atoms with Gasteiger partial charge < -0.3 is 19.3 Å². The summed E-state index contributed by atoms with van der Waals surface area (Å²) in [6, 6.07) is 16.8. The van der Waals surface area contributed by atoms with Crippen LogP contribution in [0.1, 0.15) is 43.4 Å². The van der Waals surface area contributed by atoms with Crippen LogP contribution in [0.2, 0.25) is 0 Å². The summed E-state index contributed by atoms with van der Waals surface area (Å²) in [7, 11) is 3.91. The topological polar surface area (TPSA) is 24.9 Å². The molecule has 1 heterocycles. The maximum absolute atomic E-state index is 6.45. The Balaban J connectivity index is 1.71. The van der Waals surface area contributed by atoms with E-state index in [1.807, 2.05) is 12.1 Å². The third-order valence-corrected chi connectivity index (χ3v) is 5.59. The number of benzene rings is 2. The normalized spacial score (nSPS) is 16.9. The predicted molar refractivity (Wildman–Crippen MR) is 115 cm³/mol. The zero-order valence-corrected chi connectivity index (χ0v) is 17.7. The number of hydrogen-bond donors (Lipinski definition) is 0. The number of ether oxygens (including phenoxy) is 2. The molecule has 0 amide bonds. The van der Waals surface area contributed by atoms with Gasteiger partial charge >= 0.3 is 0 Å². The predicted octanol–water partition coefficient (Wildman–Crippen LogP) is 4.58. The lowest BCUT2D eigenvalue weighted by Gasteiger charge is -2.33. The van der Waals surface area contributed by atoms with Crippen LogP contribution in [0, 0.1) is 0 Å². The van der Waals surface area contributed by atoms with E-state index in [0.29, 0.717) is 5.92 Å². The van der Waals surface area contributed by atoms with Crippen molar-refractivity contribution in [2.45, 2.75) is 32.3 Å². The van der Waals surface area contributed by atoms with Crippen LogP contribution in [0.25, 0.3) is 0 Å². The lowest BCUT2D eigenvalue weighted by molar-refractivity contribution is 0.123. The largest absolute Gasteiger partial charge is 0.497 e. The van der Waals surface area contributed by atoms with E-state index >= 15 is 0 Å². The number of likely N-dealkylation sites (N-methyl/N-ethyl adjacent to an activating group) is 1. The van der Waals surface area contributed by atoms with Crippen molar-refractivity contribution >= 4 is 0 Å². The second-order valence-electron chi connectivity index (χ2n) is 8.04. The molecular formula is C24H34N2O2. The molecule has 152 valence electrons. The van der Waals surface area contributed by atoms with Gasteiger partial charge in [0.25, 0.3) is 0 Å². The SMILES string of the molecule is COc1cccc(C(CCN2CCN(C)CC2)Oc2ccc(C(C)C)cc2)c1. The Morgan fingerprint density at radius 1 is 0.893 bits per heavy atom. The smallest absolute Gasteiger partial charge is 0.125 e. The first kappa shape index (κ1) is 20.7.